The summed E-state index contributed by atoms with van der Waals surface area (Å²) in [6.07, 6.45) is 8.29. The maximum absolute atomic E-state index is 12.8. The molecule has 2 bridgehead atoms. The van der Waals surface area contributed by atoms with Crippen molar-refractivity contribution in [3.8, 4) is 5.75 Å². The minimum absolute atomic E-state index is 0. The van der Waals surface area contributed by atoms with Gasteiger partial charge in [0.2, 0.25) is 11.8 Å². The standard InChI is InChI=1S/C25H34N4O3.HI/c1-3-26-25(27-13-5-4-6-17-7-11-20(32-2)12-8-17)28-14-15-29-23(30)21-18-9-10-19(16-18)22(21)24(29)31;/h7-12,18-19,21-22H,3-6,13-16H2,1-2H3,(H2,26,27,28);1H. The number of likely N-dealkylation sites (tertiary alicyclic amines) is 1. The first kappa shape index (κ1) is 25.5. The van der Waals surface area contributed by atoms with Crippen molar-refractivity contribution in [1.29, 1.82) is 0 Å². The smallest absolute Gasteiger partial charge is 0.233 e. The average molecular weight is 566 g/mol. The summed E-state index contributed by atoms with van der Waals surface area (Å²) in [5.41, 5.74) is 1.30. The van der Waals surface area contributed by atoms with E-state index in [1.54, 1.807) is 7.11 Å². The lowest BCUT2D eigenvalue weighted by molar-refractivity contribution is -0.140. The number of unbranched alkanes of at least 4 members (excludes halogenated alkanes) is 1. The van der Waals surface area contributed by atoms with Crippen LogP contribution in [0.4, 0.5) is 0 Å². The zero-order chi connectivity index (χ0) is 22.5. The van der Waals surface area contributed by atoms with Crippen molar-refractivity contribution in [1.82, 2.24) is 15.5 Å². The molecular formula is C25H35IN4O3. The van der Waals surface area contributed by atoms with Crippen molar-refractivity contribution in [2.24, 2.45) is 28.7 Å². The van der Waals surface area contributed by atoms with Crippen molar-refractivity contribution >= 4 is 41.8 Å². The van der Waals surface area contributed by atoms with E-state index in [1.807, 2.05) is 19.1 Å². The molecule has 3 aliphatic rings. The molecule has 1 heterocycles. The molecule has 33 heavy (non-hydrogen) atoms. The van der Waals surface area contributed by atoms with Gasteiger partial charge in [-0.3, -0.25) is 19.5 Å². The van der Waals surface area contributed by atoms with E-state index < -0.39 is 0 Å². The number of halogens is 1. The Labute approximate surface area is 213 Å². The summed E-state index contributed by atoms with van der Waals surface area (Å²) in [5.74, 6) is 1.92. The maximum atomic E-state index is 12.8. The summed E-state index contributed by atoms with van der Waals surface area (Å²) in [6.45, 7) is 4.42. The van der Waals surface area contributed by atoms with E-state index >= 15 is 0 Å². The Morgan fingerprint density at radius 1 is 1.06 bits per heavy atom. The van der Waals surface area contributed by atoms with Crippen LogP contribution in [0.2, 0.25) is 0 Å². The van der Waals surface area contributed by atoms with Crippen molar-refractivity contribution in [3.63, 3.8) is 0 Å². The highest BCUT2D eigenvalue weighted by molar-refractivity contribution is 14.0. The molecule has 0 radical (unpaired) electrons. The third-order valence-electron chi connectivity index (χ3n) is 6.84. The van der Waals surface area contributed by atoms with E-state index in [-0.39, 0.29) is 59.5 Å². The first-order valence-electron chi connectivity index (χ1n) is 11.8. The average Bonchev–Trinajstić information content (AvgIpc) is 3.49. The Bertz CT molecular complexity index is 856. The van der Waals surface area contributed by atoms with Gasteiger partial charge in [-0.25, -0.2) is 0 Å². The molecule has 2 amide bonds. The molecule has 1 saturated heterocycles. The largest absolute Gasteiger partial charge is 0.497 e. The van der Waals surface area contributed by atoms with Crippen molar-refractivity contribution in [2.75, 3.05) is 33.3 Å². The summed E-state index contributed by atoms with van der Waals surface area (Å²) in [5, 5.41) is 6.52. The Morgan fingerprint density at radius 2 is 1.73 bits per heavy atom. The highest BCUT2D eigenvalue weighted by Crippen LogP contribution is 2.52. The normalized spacial score (nSPS) is 25.3. The first-order valence-corrected chi connectivity index (χ1v) is 11.8. The van der Waals surface area contributed by atoms with Gasteiger partial charge in [0.05, 0.1) is 18.9 Å². The molecule has 2 fully saturated rings. The first-order chi connectivity index (χ1) is 15.6. The fourth-order valence-electron chi connectivity index (χ4n) is 5.24. The lowest BCUT2D eigenvalue weighted by Crippen LogP contribution is -2.43. The van der Waals surface area contributed by atoms with Crippen molar-refractivity contribution in [2.45, 2.75) is 32.6 Å². The van der Waals surface area contributed by atoms with E-state index in [0.717, 1.165) is 50.5 Å². The minimum atomic E-state index is -0.120. The van der Waals surface area contributed by atoms with Crippen molar-refractivity contribution < 1.29 is 14.3 Å². The van der Waals surface area contributed by atoms with E-state index in [9.17, 15) is 9.59 Å². The second kappa shape index (κ2) is 11.9. The summed E-state index contributed by atoms with van der Waals surface area (Å²) >= 11 is 0. The number of carbonyl (C=O) groups is 2. The molecule has 1 saturated carbocycles. The number of amides is 2. The number of benzene rings is 1. The molecule has 0 spiro atoms. The van der Waals surface area contributed by atoms with Crippen LogP contribution >= 0.6 is 24.0 Å². The molecule has 4 atom stereocenters. The number of ether oxygens (including phenoxy) is 1. The second-order valence-electron chi connectivity index (χ2n) is 8.82. The van der Waals surface area contributed by atoms with Crippen LogP contribution in [0.3, 0.4) is 0 Å². The Kier molecular flexibility index (Phi) is 9.17. The lowest BCUT2D eigenvalue weighted by Gasteiger charge is -2.18. The zero-order valence-electron chi connectivity index (χ0n) is 19.5. The molecule has 4 unspecified atom stereocenters. The molecule has 0 aromatic heterocycles. The van der Waals surface area contributed by atoms with E-state index in [1.165, 1.54) is 10.5 Å². The van der Waals surface area contributed by atoms with Gasteiger partial charge in [0, 0.05) is 26.2 Å². The zero-order valence-corrected chi connectivity index (χ0v) is 21.8. The number of aryl methyl sites for hydroxylation is 1. The fraction of sp³-hybridized carbons (Fsp3) is 0.560. The number of carbonyl (C=O) groups excluding carboxylic acids is 2. The number of hydrogen-bond acceptors (Lipinski definition) is 4. The van der Waals surface area contributed by atoms with Gasteiger partial charge in [0.1, 0.15) is 5.75 Å². The van der Waals surface area contributed by atoms with Crippen LogP contribution in [0.1, 0.15) is 31.7 Å². The van der Waals surface area contributed by atoms with Crippen molar-refractivity contribution in [3.05, 3.63) is 42.0 Å². The predicted octanol–water partition coefficient (Wildman–Crippen LogP) is 3.00. The van der Waals surface area contributed by atoms with Gasteiger partial charge in [-0.2, -0.15) is 0 Å². The molecule has 1 aromatic carbocycles. The molecule has 2 N–H and O–H groups in total. The predicted molar refractivity (Wildman–Crippen MR) is 140 cm³/mol. The third kappa shape index (κ3) is 5.70. The highest BCUT2D eigenvalue weighted by atomic mass is 127. The van der Waals surface area contributed by atoms with E-state index in [0.29, 0.717) is 13.1 Å². The van der Waals surface area contributed by atoms with Crippen LogP contribution in [0.5, 0.6) is 5.75 Å². The topological polar surface area (TPSA) is 83.0 Å². The van der Waals surface area contributed by atoms with E-state index in [2.05, 4.69) is 39.9 Å². The van der Waals surface area contributed by atoms with E-state index in [4.69, 9.17) is 4.74 Å². The molecule has 4 rings (SSSR count). The summed E-state index contributed by atoms with van der Waals surface area (Å²) in [7, 11) is 1.68. The number of fused-ring (bicyclic) bond motifs is 5. The van der Waals surface area contributed by atoms with Gasteiger partial charge < -0.3 is 15.4 Å². The molecule has 2 aliphatic carbocycles. The Hall–Kier alpha value is -2.10. The number of rotatable bonds is 10. The monoisotopic (exact) mass is 566 g/mol. The molecule has 7 nitrogen and oxygen atoms in total. The van der Waals surface area contributed by atoms with Crippen LogP contribution in [-0.4, -0.2) is 56.0 Å². The summed E-state index contributed by atoms with van der Waals surface area (Å²) in [6, 6.07) is 8.19. The van der Waals surface area contributed by atoms with Gasteiger partial charge in [-0.05, 0) is 62.1 Å². The number of imide groups is 1. The Balaban J connectivity index is 0.00000306. The maximum Gasteiger partial charge on any atom is 0.233 e. The van der Waals surface area contributed by atoms with Crippen LogP contribution in [-0.2, 0) is 16.0 Å². The van der Waals surface area contributed by atoms with Gasteiger partial charge in [0.15, 0.2) is 5.96 Å². The molecule has 1 aromatic rings. The van der Waals surface area contributed by atoms with Gasteiger partial charge in [-0.1, -0.05) is 24.3 Å². The fourth-order valence-corrected chi connectivity index (χ4v) is 5.24. The summed E-state index contributed by atoms with van der Waals surface area (Å²) < 4.78 is 5.19. The number of allylic oxidation sites excluding steroid dienone is 2. The third-order valence-corrected chi connectivity index (χ3v) is 6.84. The van der Waals surface area contributed by atoms with Crippen LogP contribution in [0.25, 0.3) is 0 Å². The van der Waals surface area contributed by atoms with Crippen LogP contribution in [0, 0.1) is 23.7 Å². The number of methoxy groups -OCH3 is 1. The SMILES string of the molecule is CCNC(=NCCCCc1ccc(OC)cc1)NCCN1C(=O)C2C3C=CC(C3)C2C1=O.I. The quantitative estimate of drug-likeness (QED) is 0.114. The molecule has 180 valence electrons. The number of hydrogen-bond donors (Lipinski definition) is 2. The minimum Gasteiger partial charge on any atom is -0.497 e. The number of guanidine groups is 1. The second-order valence-corrected chi connectivity index (χ2v) is 8.82. The Morgan fingerprint density at radius 3 is 2.33 bits per heavy atom. The number of nitrogens with one attached hydrogen (secondary N) is 2. The lowest BCUT2D eigenvalue weighted by atomic mass is 9.85. The molecular weight excluding hydrogens is 531 g/mol. The molecule has 1 aliphatic heterocycles. The summed E-state index contributed by atoms with van der Waals surface area (Å²) in [4.78, 5) is 31.7. The number of nitrogens with zero attached hydrogens (tertiary/aromatic N) is 2. The number of aliphatic imine (C=N–C) groups is 1. The highest BCUT2D eigenvalue weighted by Gasteiger charge is 2.58. The van der Waals surface area contributed by atoms with Crippen LogP contribution in [0.15, 0.2) is 41.4 Å². The molecule has 8 heteroatoms. The van der Waals surface area contributed by atoms with Gasteiger partial charge in [-0.15, -0.1) is 24.0 Å². The van der Waals surface area contributed by atoms with Gasteiger partial charge in [0.25, 0.3) is 0 Å². The van der Waals surface area contributed by atoms with Crippen LogP contribution < -0.4 is 15.4 Å². The van der Waals surface area contributed by atoms with Gasteiger partial charge >= 0.3 is 0 Å².